The van der Waals surface area contributed by atoms with Crippen LogP contribution in [-0.4, -0.2) is 60.4 Å². The fraction of sp³-hybridized carbons (Fsp3) is 0.522. The van der Waals surface area contributed by atoms with Crippen molar-refractivity contribution in [1.29, 1.82) is 0 Å². The van der Waals surface area contributed by atoms with Crippen molar-refractivity contribution < 1.29 is 14.3 Å². The largest absolute Gasteiger partial charge is 0.376 e. The number of amides is 1. The fourth-order valence-corrected chi connectivity index (χ4v) is 4.16. The van der Waals surface area contributed by atoms with Crippen LogP contribution in [0.4, 0.5) is 11.6 Å². The lowest BCUT2D eigenvalue weighted by Crippen LogP contribution is -2.45. The Labute approximate surface area is 193 Å². The van der Waals surface area contributed by atoms with Gasteiger partial charge in [0.05, 0.1) is 41.6 Å². The molecule has 9 heteroatoms. The van der Waals surface area contributed by atoms with Gasteiger partial charge in [-0.2, -0.15) is 0 Å². The van der Waals surface area contributed by atoms with Gasteiger partial charge < -0.3 is 25.4 Å². The molecule has 0 bridgehead atoms. The van der Waals surface area contributed by atoms with E-state index in [1.54, 1.807) is 12.3 Å². The smallest absolute Gasteiger partial charge is 0.229 e. The quantitative estimate of drug-likeness (QED) is 0.609. The van der Waals surface area contributed by atoms with Crippen LogP contribution in [0.1, 0.15) is 26.7 Å². The molecule has 2 aromatic heterocycles. The lowest BCUT2D eigenvalue weighted by Gasteiger charge is -2.36. The Balaban J connectivity index is 1.43. The molecule has 2 aliphatic heterocycles. The Bertz CT molecular complexity index is 949. The number of aromatic nitrogens is 2. The molecule has 2 fully saturated rings. The zero-order valence-corrected chi connectivity index (χ0v) is 19.2. The van der Waals surface area contributed by atoms with Crippen LogP contribution < -0.4 is 16.0 Å². The van der Waals surface area contributed by atoms with E-state index in [4.69, 9.17) is 26.1 Å². The molecule has 2 atom stereocenters. The predicted octanol–water partition coefficient (Wildman–Crippen LogP) is 3.34. The topological polar surface area (TPSA) is 97.4 Å². The highest BCUT2D eigenvalue weighted by atomic mass is 35.5. The molecule has 0 saturated carbocycles. The maximum Gasteiger partial charge on any atom is 0.229 e. The molecule has 172 valence electrons. The first-order valence-corrected chi connectivity index (χ1v) is 11.4. The average Bonchev–Trinajstić information content (AvgIpc) is 2.79. The lowest BCUT2D eigenvalue weighted by atomic mass is 9.99. The minimum absolute atomic E-state index is 0.0287. The monoisotopic (exact) mass is 459 g/mol. The third kappa shape index (κ3) is 5.95. The number of rotatable bonds is 6. The average molecular weight is 460 g/mol. The number of carbonyl (C=O) groups is 1. The van der Waals surface area contributed by atoms with Crippen LogP contribution in [0.3, 0.4) is 0 Å². The van der Waals surface area contributed by atoms with Gasteiger partial charge in [-0.3, -0.25) is 4.79 Å². The van der Waals surface area contributed by atoms with Gasteiger partial charge in [-0.1, -0.05) is 17.7 Å². The number of carbonyl (C=O) groups excluding carboxylic acids is 1. The number of halogens is 1. The van der Waals surface area contributed by atoms with E-state index in [1.807, 2.05) is 32.0 Å². The van der Waals surface area contributed by atoms with E-state index in [0.717, 1.165) is 19.4 Å². The van der Waals surface area contributed by atoms with Gasteiger partial charge in [0.15, 0.2) is 0 Å². The molecule has 3 N–H and O–H groups in total. The zero-order valence-electron chi connectivity index (χ0n) is 18.5. The van der Waals surface area contributed by atoms with Crippen molar-refractivity contribution in [2.75, 3.05) is 43.5 Å². The van der Waals surface area contributed by atoms with Crippen LogP contribution in [0.25, 0.3) is 11.3 Å². The molecule has 2 saturated heterocycles. The number of piperidine rings is 1. The summed E-state index contributed by atoms with van der Waals surface area (Å²) in [6.45, 7) is 7.41. The Morgan fingerprint density at radius 3 is 3.00 bits per heavy atom. The van der Waals surface area contributed by atoms with Gasteiger partial charge in [0.2, 0.25) is 5.91 Å². The highest BCUT2D eigenvalue weighted by Crippen LogP contribution is 2.29. The summed E-state index contributed by atoms with van der Waals surface area (Å²) in [5.41, 5.74) is 1.11. The standard InChI is InChI=1S/C23H30ClN5O3/c1-23(2)14-31-13-16(32-23)11-26-20-7-3-6-19(28-20)17-9-21(27-12-18(17)24)29-22(30)15-5-4-8-25-10-15/h3,6-7,9,12,15-16,25H,4-5,8,10-11,13-14H2,1-2H3,(H,26,28)(H,27,29,30)/t15?,16-/m0/s1. The van der Waals surface area contributed by atoms with E-state index < -0.39 is 0 Å². The molecular formula is C23H30ClN5O3. The number of anilines is 2. The summed E-state index contributed by atoms with van der Waals surface area (Å²) >= 11 is 6.42. The second-order valence-electron chi connectivity index (χ2n) is 8.89. The highest BCUT2D eigenvalue weighted by Gasteiger charge is 2.29. The van der Waals surface area contributed by atoms with Gasteiger partial charge in [0.1, 0.15) is 11.6 Å². The number of hydrogen-bond acceptors (Lipinski definition) is 7. The first-order valence-electron chi connectivity index (χ1n) is 11.0. The van der Waals surface area contributed by atoms with E-state index in [9.17, 15) is 4.79 Å². The summed E-state index contributed by atoms with van der Waals surface area (Å²) in [5, 5.41) is 9.97. The van der Waals surface area contributed by atoms with Crippen molar-refractivity contribution >= 4 is 29.1 Å². The van der Waals surface area contributed by atoms with Gasteiger partial charge in [0.25, 0.3) is 0 Å². The van der Waals surface area contributed by atoms with Crippen LogP contribution in [0.15, 0.2) is 30.5 Å². The minimum Gasteiger partial charge on any atom is -0.376 e. The predicted molar refractivity (Wildman–Crippen MR) is 125 cm³/mol. The van der Waals surface area contributed by atoms with Crippen LogP contribution in [-0.2, 0) is 14.3 Å². The van der Waals surface area contributed by atoms with Gasteiger partial charge in [-0.15, -0.1) is 0 Å². The van der Waals surface area contributed by atoms with Gasteiger partial charge in [-0.25, -0.2) is 9.97 Å². The summed E-state index contributed by atoms with van der Waals surface area (Å²) in [6, 6.07) is 7.46. The molecule has 2 aromatic rings. The molecule has 0 aromatic carbocycles. The zero-order chi connectivity index (χ0) is 22.6. The second kappa shape index (κ2) is 10.1. The molecule has 8 nitrogen and oxygen atoms in total. The maximum atomic E-state index is 12.6. The third-order valence-electron chi connectivity index (χ3n) is 5.55. The number of pyridine rings is 2. The van der Waals surface area contributed by atoms with Crippen LogP contribution in [0.5, 0.6) is 0 Å². The minimum atomic E-state index is -0.293. The number of nitrogens with zero attached hydrogens (tertiary/aromatic N) is 2. The Morgan fingerprint density at radius 1 is 1.34 bits per heavy atom. The van der Waals surface area contributed by atoms with Gasteiger partial charge in [-0.05, 0) is 51.4 Å². The Morgan fingerprint density at radius 2 is 2.22 bits per heavy atom. The van der Waals surface area contributed by atoms with E-state index in [0.29, 0.717) is 54.2 Å². The van der Waals surface area contributed by atoms with Crippen molar-refractivity contribution in [3.63, 3.8) is 0 Å². The van der Waals surface area contributed by atoms with E-state index in [1.165, 1.54) is 0 Å². The third-order valence-corrected chi connectivity index (χ3v) is 5.85. The van der Waals surface area contributed by atoms with Gasteiger partial charge >= 0.3 is 0 Å². The number of ether oxygens (including phenoxy) is 2. The first-order chi connectivity index (χ1) is 15.4. The van der Waals surface area contributed by atoms with E-state index >= 15 is 0 Å². The van der Waals surface area contributed by atoms with Crippen molar-refractivity contribution in [2.24, 2.45) is 5.92 Å². The summed E-state index contributed by atoms with van der Waals surface area (Å²) in [6.07, 6.45) is 3.37. The van der Waals surface area contributed by atoms with Crippen LogP contribution >= 0.6 is 11.6 Å². The van der Waals surface area contributed by atoms with Crippen LogP contribution in [0.2, 0.25) is 5.02 Å². The van der Waals surface area contributed by atoms with E-state index in [2.05, 4.69) is 20.9 Å². The summed E-state index contributed by atoms with van der Waals surface area (Å²) in [4.78, 5) is 21.5. The molecular weight excluding hydrogens is 430 g/mol. The second-order valence-corrected chi connectivity index (χ2v) is 9.29. The molecule has 1 unspecified atom stereocenters. The van der Waals surface area contributed by atoms with Crippen molar-refractivity contribution in [3.8, 4) is 11.3 Å². The SMILES string of the molecule is CC1(C)COC[C@H](CNc2cccc(-c3cc(NC(=O)C4CCCNC4)ncc3Cl)n2)O1. The normalized spacial score (nSPS) is 22.8. The Hall–Kier alpha value is -2.26. The molecule has 0 aliphatic carbocycles. The molecule has 1 amide bonds. The van der Waals surface area contributed by atoms with Crippen LogP contribution in [0, 0.1) is 5.92 Å². The fourth-order valence-electron chi connectivity index (χ4n) is 3.96. The summed E-state index contributed by atoms with van der Waals surface area (Å²) < 4.78 is 11.7. The first kappa shape index (κ1) is 22.9. The molecule has 32 heavy (non-hydrogen) atoms. The maximum absolute atomic E-state index is 12.6. The van der Waals surface area contributed by atoms with Crippen molar-refractivity contribution in [2.45, 2.75) is 38.4 Å². The Kier molecular flexibility index (Phi) is 7.25. The highest BCUT2D eigenvalue weighted by molar-refractivity contribution is 6.33. The molecule has 4 heterocycles. The van der Waals surface area contributed by atoms with Crippen molar-refractivity contribution in [1.82, 2.24) is 15.3 Å². The molecule has 2 aliphatic rings. The number of nitrogens with one attached hydrogen (secondary N) is 3. The molecule has 4 rings (SSSR count). The van der Waals surface area contributed by atoms with Gasteiger partial charge in [0, 0.05) is 24.8 Å². The van der Waals surface area contributed by atoms with Crippen molar-refractivity contribution in [3.05, 3.63) is 35.5 Å². The molecule has 0 radical (unpaired) electrons. The molecule has 0 spiro atoms. The summed E-state index contributed by atoms with van der Waals surface area (Å²) in [5.74, 6) is 1.10. The van der Waals surface area contributed by atoms with E-state index in [-0.39, 0.29) is 23.5 Å². The lowest BCUT2D eigenvalue weighted by molar-refractivity contribution is -0.177. The number of hydrogen-bond donors (Lipinski definition) is 3. The summed E-state index contributed by atoms with van der Waals surface area (Å²) in [7, 11) is 0.